The maximum absolute atomic E-state index is 13.3. The predicted molar refractivity (Wildman–Crippen MR) is 118 cm³/mol. The third kappa shape index (κ3) is 4.02. The second kappa shape index (κ2) is 8.57. The summed E-state index contributed by atoms with van der Waals surface area (Å²) in [4.78, 5) is 27.4. The van der Waals surface area contributed by atoms with E-state index in [1.54, 1.807) is 24.0 Å². The molecule has 1 aromatic heterocycles. The summed E-state index contributed by atoms with van der Waals surface area (Å²) in [5.41, 5.74) is 8.87. The van der Waals surface area contributed by atoms with Crippen LogP contribution in [-0.2, 0) is 17.6 Å². The van der Waals surface area contributed by atoms with Crippen molar-refractivity contribution in [3.05, 3.63) is 76.9 Å². The molecule has 1 fully saturated rings. The van der Waals surface area contributed by atoms with Crippen LogP contribution in [0.25, 0.3) is 11.1 Å². The Kier molecular flexibility index (Phi) is 5.82. The standard InChI is InChI=1S/C25H26FN3O3/c1-3-21-22(16(2)32-28-21)23(30)29-12-11-25(15-29,24(27)31)14-17-5-4-6-19(13-17)18-7-9-20(26)10-8-18/h4-10,13H,3,11-12,14-15H2,1-2H3,(H2,27,31)/t25-/m1/s1. The van der Waals surface area contributed by atoms with Gasteiger partial charge >= 0.3 is 0 Å². The second-order valence-corrected chi connectivity index (χ2v) is 8.42. The molecule has 0 unspecified atom stereocenters. The van der Waals surface area contributed by atoms with Crippen molar-refractivity contribution in [2.45, 2.75) is 33.1 Å². The number of primary amides is 1. The van der Waals surface area contributed by atoms with Gasteiger partial charge in [0.05, 0.1) is 11.1 Å². The van der Waals surface area contributed by atoms with E-state index in [0.29, 0.717) is 42.8 Å². The fourth-order valence-corrected chi connectivity index (χ4v) is 4.46. The highest BCUT2D eigenvalue weighted by atomic mass is 19.1. The van der Waals surface area contributed by atoms with Crippen LogP contribution < -0.4 is 5.73 Å². The minimum absolute atomic E-state index is 0.177. The van der Waals surface area contributed by atoms with Gasteiger partial charge in [-0.15, -0.1) is 0 Å². The van der Waals surface area contributed by atoms with Gasteiger partial charge in [-0.25, -0.2) is 4.39 Å². The fraction of sp³-hybridized carbons (Fsp3) is 0.320. The highest BCUT2D eigenvalue weighted by Crippen LogP contribution is 2.36. The van der Waals surface area contributed by atoms with Crippen molar-refractivity contribution in [3.63, 3.8) is 0 Å². The van der Waals surface area contributed by atoms with Crippen molar-refractivity contribution >= 4 is 11.8 Å². The number of nitrogens with two attached hydrogens (primary N) is 1. The predicted octanol–water partition coefficient (Wildman–Crippen LogP) is 3.91. The molecule has 1 atom stereocenters. The van der Waals surface area contributed by atoms with Crippen LogP contribution in [0.2, 0.25) is 0 Å². The number of carbonyl (C=O) groups is 2. The molecule has 0 spiro atoms. The van der Waals surface area contributed by atoms with Gasteiger partial charge < -0.3 is 15.2 Å². The first-order valence-corrected chi connectivity index (χ1v) is 10.7. The van der Waals surface area contributed by atoms with Gasteiger partial charge in [0.1, 0.15) is 17.1 Å². The normalized spacial score (nSPS) is 18.2. The van der Waals surface area contributed by atoms with Crippen LogP contribution in [0.4, 0.5) is 4.39 Å². The largest absolute Gasteiger partial charge is 0.369 e. The molecule has 2 heterocycles. The van der Waals surface area contributed by atoms with Gasteiger partial charge in [0.25, 0.3) is 5.91 Å². The quantitative estimate of drug-likeness (QED) is 0.636. The van der Waals surface area contributed by atoms with E-state index in [2.05, 4.69) is 5.16 Å². The molecule has 7 heteroatoms. The molecule has 2 amide bonds. The number of rotatable bonds is 6. The Bertz CT molecular complexity index is 1160. The van der Waals surface area contributed by atoms with Crippen LogP contribution in [0.1, 0.15) is 40.7 Å². The van der Waals surface area contributed by atoms with E-state index in [0.717, 1.165) is 16.7 Å². The molecule has 1 aliphatic heterocycles. The first-order chi connectivity index (χ1) is 15.3. The lowest BCUT2D eigenvalue weighted by atomic mass is 9.79. The Hall–Kier alpha value is -3.48. The summed E-state index contributed by atoms with van der Waals surface area (Å²) in [7, 11) is 0. The molecular weight excluding hydrogens is 409 g/mol. The van der Waals surface area contributed by atoms with E-state index in [1.807, 2.05) is 31.2 Å². The van der Waals surface area contributed by atoms with Crippen molar-refractivity contribution in [2.24, 2.45) is 11.1 Å². The highest BCUT2D eigenvalue weighted by molar-refractivity contribution is 5.97. The summed E-state index contributed by atoms with van der Waals surface area (Å²) in [6.45, 7) is 4.32. The van der Waals surface area contributed by atoms with Crippen molar-refractivity contribution in [1.29, 1.82) is 0 Å². The van der Waals surface area contributed by atoms with Crippen LogP contribution in [0.3, 0.4) is 0 Å². The lowest BCUT2D eigenvalue weighted by molar-refractivity contribution is -0.126. The Labute approximate surface area is 186 Å². The number of aryl methyl sites for hydroxylation is 2. The summed E-state index contributed by atoms with van der Waals surface area (Å²) < 4.78 is 18.5. The summed E-state index contributed by atoms with van der Waals surface area (Å²) in [5.74, 6) is -0.403. The maximum atomic E-state index is 13.3. The zero-order chi connectivity index (χ0) is 22.9. The minimum atomic E-state index is -0.853. The Balaban J connectivity index is 1.58. The molecule has 0 radical (unpaired) electrons. The topological polar surface area (TPSA) is 89.4 Å². The van der Waals surface area contributed by atoms with Gasteiger partial charge in [0.15, 0.2) is 0 Å². The van der Waals surface area contributed by atoms with Crippen molar-refractivity contribution < 1.29 is 18.5 Å². The number of nitrogens with zero attached hydrogens (tertiary/aromatic N) is 2. The van der Waals surface area contributed by atoms with Gasteiger partial charge in [0.2, 0.25) is 5.91 Å². The molecule has 2 N–H and O–H groups in total. The molecule has 0 saturated carbocycles. The first-order valence-electron chi connectivity index (χ1n) is 10.7. The molecule has 4 rings (SSSR count). The molecule has 3 aromatic rings. The van der Waals surface area contributed by atoms with Crippen LogP contribution >= 0.6 is 0 Å². The number of halogens is 1. The number of carbonyl (C=O) groups excluding carboxylic acids is 2. The van der Waals surface area contributed by atoms with E-state index in [-0.39, 0.29) is 18.3 Å². The average molecular weight is 435 g/mol. The minimum Gasteiger partial charge on any atom is -0.369 e. The summed E-state index contributed by atoms with van der Waals surface area (Å²) in [6.07, 6.45) is 1.49. The Morgan fingerprint density at radius 2 is 1.94 bits per heavy atom. The first kappa shape index (κ1) is 21.7. The number of likely N-dealkylation sites (tertiary alicyclic amines) is 1. The van der Waals surface area contributed by atoms with E-state index in [9.17, 15) is 14.0 Å². The summed E-state index contributed by atoms with van der Waals surface area (Å²) >= 11 is 0. The van der Waals surface area contributed by atoms with E-state index >= 15 is 0 Å². The van der Waals surface area contributed by atoms with Crippen LogP contribution in [-0.4, -0.2) is 35.0 Å². The molecule has 6 nitrogen and oxygen atoms in total. The van der Waals surface area contributed by atoms with Gasteiger partial charge in [-0.1, -0.05) is 48.5 Å². The van der Waals surface area contributed by atoms with Gasteiger partial charge in [-0.05, 0) is 55.0 Å². The number of aromatic nitrogens is 1. The van der Waals surface area contributed by atoms with Crippen molar-refractivity contribution in [1.82, 2.24) is 10.1 Å². The lowest BCUT2D eigenvalue weighted by Gasteiger charge is -2.26. The van der Waals surface area contributed by atoms with E-state index < -0.39 is 11.3 Å². The summed E-state index contributed by atoms with van der Waals surface area (Å²) in [5, 5.41) is 3.97. The van der Waals surface area contributed by atoms with Crippen LogP contribution in [0.5, 0.6) is 0 Å². The second-order valence-electron chi connectivity index (χ2n) is 8.42. The van der Waals surface area contributed by atoms with Gasteiger partial charge in [-0.2, -0.15) is 0 Å². The zero-order valence-corrected chi connectivity index (χ0v) is 18.2. The number of amides is 2. The fourth-order valence-electron chi connectivity index (χ4n) is 4.46. The number of hydrogen-bond donors (Lipinski definition) is 1. The molecule has 0 bridgehead atoms. The number of benzene rings is 2. The third-order valence-electron chi connectivity index (χ3n) is 6.29. The zero-order valence-electron chi connectivity index (χ0n) is 18.2. The van der Waals surface area contributed by atoms with Crippen molar-refractivity contribution in [3.8, 4) is 11.1 Å². The Morgan fingerprint density at radius 3 is 2.62 bits per heavy atom. The molecule has 0 aliphatic carbocycles. The average Bonchev–Trinajstić information content (AvgIpc) is 3.38. The highest BCUT2D eigenvalue weighted by Gasteiger charge is 2.45. The van der Waals surface area contributed by atoms with Crippen LogP contribution in [0, 0.1) is 18.2 Å². The third-order valence-corrected chi connectivity index (χ3v) is 6.29. The summed E-state index contributed by atoms with van der Waals surface area (Å²) in [6, 6.07) is 14.1. The molecular formula is C25H26FN3O3. The monoisotopic (exact) mass is 435 g/mol. The lowest BCUT2D eigenvalue weighted by Crippen LogP contribution is -2.42. The molecule has 166 valence electrons. The molecule has 1 saturated heterocycles. The maximum Gasteiger partial charge on any atom is 0.259 e. The molecule has 32 heavy (non-hydrogen) atoms. The van der Waals surface area contributed by atoms with Crippen LogP contribution in [0.15, 0.2) is 53.1 Å². The van der Waals surface area contributed by atoms with Gasteiger partial charge in [-0.3, -0.25) is 9.59 Å². The van der Waals surface area contributed by atoms with Crippen molar-refractivity contribution in [2.75, 3.05) is 13.1 Å². The van der Waals surface area contributed by atoms with Gasteiger partial charge in [0, 0.05) is 13.1 Å². The molecule has 2 aromatic carbocycles. The Morgan fingerprint density at radius 1 is 1.19 bits per heavy atom. The number of hydrogen-bond acceptors (Lipinski definition) is 4. The molecule has 1 aliphatic rings. The SMILES string of the molecule is CCc1noc(C)c1C(=O)N1CC[C@](Cc2cccc(-c3ccc(F)cc3)c2)(C(N)=O)C1. The van der Waals surface area contributed by atoms with E-state index in [1.165, 1.54) is 12.1 Å². The smallest absolute Gasteiger partial charge is 0.259 e. The van der Waals surface area contributed by atoms with E-state index in [4.69, 9.17) is 10.3 Å².